The molecule has 0 unspecified atom stereocenters. The molecule has 0 saturated carbocycles. The van der Waals surface area contributed by atoms with E-state index in [1.807, 2.05) is 6.07 Å². The van der Waals surface area contributed by atoms with Gasteiger partial charge in [0.2, 0.25) is 0 Å². The summed E-state index contributed by atoms with van der Waals surface area (Å²) in [6, 6.07) is 4.75. The molecule has 1 N–H and O–H groups in total. The Labute approximate surface area is 69.9 Å². The Morgan fingerprint density at radius 3 is 2.75 bits per heavy atom. The minimum Gasteiger partial charge on any atom is -0.507 e. The highest BCUT2D eigenvalue weighted by molar-refractivity contribution is 5.82. The number of carbonyl (C=O) groups is 1. The molecule has 0 radical (unpaired) electrons. The van der Waals surface area contributed by atoms with Crippen LogP contribution in [0, 0.1) is 18.3 Å². The largest absolute Gasteiger partial charge is 0.507 e. The molecule has 3 nitrogen and oxygen atoms in total. The van der Waals surface area contributed by atoms with Crippen LogP contribution in [0.25, 0.3) is 0 Å². The number of rotatable bonds is 1. The fraction of sp³-hybridized carbons (Fsp3) is 0.111. The van der Waals surface area contributed by atoms with E-state index in [2.05, 4.69) is 0 Å². The predicted molar refractivity (Wildman–Crippen MR) is 42.9 cm³/mol. The lowest BCUT2D eigenvalue weighted by Crippen LogP contribution is -1.90. The van der Waals surface area contributed by atoms with Gasteiger partial charge >= 0.3 is 0 Å². The topological polar surface area (TPSA) is 61.1 Å². The molecule has 0 aromatic heterocycles. The number of phenols is 1. The Kier molecular flexibility index (Phi) is 2.11. The highest BCUT2D eigenvalue weighted by Crippen LogP contribution is 2.21. The van der Waals surface area contributed by atoms with Gasteiger partial charge in [-0.3, -0.25) is 4.79 Å². The Balaban J connectivity index is 3.46. The van der Waals surface area contributed by atoms with Crippen LogP contribution >= 0.6 is 0 Å². The standard InChI is InChI=1S/C9H7NO2/c1-6-7(4-10)2-3-9(12)8(6)5-11/h2-3,5,12H,1H3. The number of benzene rings is 1. The van der Waals surface area contributed by atoms with Gasteiger partial charge in [0.05, 0.1) is 17.2 Å². The molecular weight excluding hydrogens is 154 g/mol. The molecule has 0 bridgehead atoms. The van der Waals surface area contributed by atoms with Gasteiger partial charge in [-0.2, -0.15) is 5.26 Å². The van der Waals surface area contributed by atoms with Gasteiger partial charge in [-0.25, -0.2) is 0 Å². The molecule has 0 fully saturated rings. The minimum atomic E-state index is -0.0819. The van der Waals surface area contributed by atoms with Crippen LogP contribution in [0.4, 0.5) is 0 Å². The van der Waals surface area contributed by atoms with Crippen molar-refractivity contribution < 1.29 is 9.90 Å². The summed E-state index contributed by atoms with van der Waals surface area (Å²) in [5.74, 6) is -0.0819. The molecule has 1 rings (SSSR count). The number of carbonyl (C=O) groups excluding carboxylic acids is 1. The zero-order chi connectivity index (χ0) is 9.14. The lowest BCUT2D eigenvalue weighted by Gasteiger charge is -2.02. The summed E-state index contributed by atoms with van der Waals surface area (Å²) >= 11 is 0. The average Bonchev–Trinajstić information content (AvgIpc) is 2.06. The fourth-order valence-corrected chi connectivity index (χ4v) is 0.984. The Hall–Kier alpha value is -1.82. The van der Waals surface area contributed by atoms with Gasteiger partial charge in [-0.1, -0.05) is 0 Å². The van der Waals surface area contributed by atoms with Crippen LogP contribution in [0.5, 0.6) is 5.75 Å². The monoisotopic (exact) mass is 161 g/mol. The van der Waals surface area contributed by atoms with Gasteiger partial charge in [0.1, 0.15) is 5.75 Å². The summed E-state index contributed by atoms with van der Waals surface area (Å²) in [7, 11) is 0. The number of nitrogens with zero attached hydrogens (tertiary/aromatic N) is 1. The van der Waals surface area contributed by atoms with E-state index in [1.165, 1.54) is 12.1 Å². The highest BCUT2D eigenvalue weighted by Gasteiger charge is 2.07. The van der Waals surface area contributed by atoms with Crippen molar-refractivity contribution in [2.75, 3.05) is 0 Å². The summed E-state index contributed by atoms with van der Waals surface area (Å²) < 4.78 is 0. The van der Waals surface area contributed by atoms with Crippen molar-refractivity contribution in [3.63, 3.8) is 0 Å². The molecule has 3 heteroatoms. The average molecular weight is 161 g/mol. The van der Waals surface area contributed by atoms with Gasteiger partial charge in [-0.05, 0) is 24.6 Å². The molecule has 60 valence electrons. The summed E-state index contributed by atoms with van der Waals surface area (Å²) in [5.41, 5.74) is 1.12. The van der Waals surface area contributed by atoms with E-state index in [0.29, 0.717) is 17.4 Å². The van der Waals surface area contributed by atoms with Crippen molar-refractivity contribution in [3.8, 4) is 11.8 Å². The van der Waals surface area contributed by atoms with E-state index in [4.69, 9.17) is 5.26 Å². The Bertz CT molecular complexity index is 364. The lowest BCUT2D eigenvalue weighted by molar-refractivity contribution is 0.112. The summed E-state index contributed by atoms with van der Waals surface area (Å²) in [6.45, 7) is 1.63. The second kappa shape index (κ2) is 3.05. The van der Waals surface area contributed by atoms with Crippen molar-refractivity contribution in [2.24, 2.45) is 0 Å². The summed E-state index contributed by atoms with van der Waals surface area (Å²) in [4.78, 5) is 10.4. The molecular formula is C9H7NO2. The maximum Gasteiger partial charge on any atom is 0.154 e. The van der Waals surface area contributed by atoms with Crippen LogP contribution in [-0.4, -0.2) is 11.4 Å². The second-order valence-electron chi connectivity index (χ2n) is 2.40. The lowest BCUT2D eigenvalue weighted by atomic mass is 10.0. The van der Waals surface area contributed by atoms with Crippen molar-refractivity contribution >= 4 is 6.29 Å². The predicted octanol–water partition coefficient (Wildman–Crippen LogP) is 1.38. The number of aldehydes is 1. The smallest absolute Gasteiger partial charge is 0.154 e. The number of phenolic OH excluding ortho intramolecular Hbond substituents is 1. The van der Waals surface area contributed by atoms with Gasteiger partial charge in [0.15, 0.2) is 6.29 Å². The molecule has 0 aliphatic rings. The van der Waals surface area contributed by atoms with Crippen molar-refractivity contribution in [1.29, 1.82) is 5.26 Å². The maximum atomic E-state index is 10.4. The number of nitriles is 1. The number of hydrogen-bond acceptors (Lipinski definition) is 3. The third-order valence-corrected chi connectivity index (χ3v) is 1.73. The van der Waals surface area contributed by atoms with Crippen LogP contribution in [0.15, 0.2) is 12.1 Å². The Morgan fingerprint density at radius 2 is 2.25 bits per heavy atom. The van der Waals surface area contributed by atoms with Gasteiger partial charge < -0.3 is 5.11 Å². The van der Waals surface area contributed by atoms with Crippen LogP contribution in [0.3, 0.4) is 0 Å². The SMILES string of the molecule is Cc1c(C#N)ccc(O)c1C=O. The zero-order valence-electron chi connectivity index (χ0n) is 6.53. The van der Waals surface area contributed by atoms with Crippen LogP contribution in [-0.2, 0) is 0 Å². The van der Waals surface area contributed by atoms with Crippen LogP contribution < -0.4 is 0 Å². The van der Waals surface area contributed by atoms with Gasteiger partial charge in [0, 0.05) is 0 Å². The molecule has 0 saturated heterocycles. The molecule has 12 heavy (non-hydrogen) atoms. The quantitative estimate of drug-likeness (QED) is 0.633. The molecule has 0 aliphatic carbocycles. The number of aromatic hydroxyl groups is 1. The molecule has 0 atom stereocenters. The highest BCUT2D eigenvalue weighted by atomic mass is 16.3. The molecule has 0 aliphatic heterocycles. The normalized spacial score (nSPS) is 9.00. The first-order valence-electron chi connectivity index (χ1n) is 3.38. The second-order valence-corrected chi connectivity index (χ2v) is 2.40. The van der Waals surface area contributed by atoms with E-state index in [9.17, 15) is 9.90 Å². The first-order chi connectivity index (χ1) is 5.70. The zero-order valence-corrected chi connectivity index (χ0v) is 6.53. The minimum absolute atomic E-state index is 0.0819. The van der Waals surface area contributed by atoms with Crippen molar-refractivity contribution in [1.82, 2.24) is 0 Å². The maximum absolute atomic E-state index is 10.4. The Morgan fingerprint density at radius 1 is 1.58 bits per heavy atom. The van der Waals surface area contributed by atoms with Crippen LogP contribution in [0.2, 0.25) is 0 Å². The molecule has 1 aromatic carbocycles. The van der Waals surface area contributed by atoms with E-state index in [-0.39, 0.29) is 11.3 Å². The van der Waals surface area contributed by atoms with Gasteiger partial charge in [-0.15, -0.1) is 0 Å². The summed E-state index contributed by atoms with van der Waals surface area (Å²) in [6.07, 6.45) is 0.547. The van der Waals surface area contributed by atoms with Crippen LogP contribution in [0.1, 0.15) is 21.5 Å². The molecule has 1 aromatic rings. The molecule has 0 amide bonds. The first kappa shape index (κ1) is 8.28. The number of hydrogen-bond donors (Lipinski definition) is 1. The first-order valence-corrected chi connectivity index (χ1v) is 3.38. The third-order valence-electron chi connectivity index (χ3n) is 1.73. The van der Waals surface area contributed by atoms with E-state index < -0.39 is 0 Å². The summed E-state index contributed by atoms with van der Waals surface area (Å²) in [5, 5.41) is 17.8. The van der Waals surface area contributed by atoms with Gasteiger partial charge in [0.25, 0.3) is 0 Å². The fourth-order valence-electron chi connectivity index (χ4n) is 0.984. The molecule has 0 spiro atoms. The van der Waals surface area contributed by atoms with E-state index in [0.717, 1.165) is 0 Å². The molecule has 0 heterocycles. The van der Waals surface area contributed by atoms with E-state index in [1.54, 1.807) is 6.92 Å². The third kappa shape index (κ3) is 1.15. The van der Waals surface area contributed by atoms with Crippen molar-refractivity contribution in [3.05, 3.63) is 28.8 Å². The van der Waals surface area contributed by atoms with Crippen molar-refractivity contribution in [2.45, 2.75) is 6.92 Å². The van der Waals surface area contributed by atoms with E-state index >= 15 is 0 Å².